The second-order valence-corrected chi connectivity index (χ2v) is 5.42. The van der Waals surface area contributed by atoms with Gasteiger partial charge in [-0.3, -0.25) is 0 Å². The van der Waals surface area contributed by atoms with E-state index in [1.54, 1.807) is 0 Å². The van der Waals surface area contributed by atoms with E-state index in [2.05, 4.69) is 15.5 Å². The molecule has 1 heterocycles. The molecular formula is C15H16Cl2F3N3O. The Morgan fingerprint density at radius 1 is 1.33 bits per heavy atom. The number of nitrogens with zero attached hydrogens (tertiary/aromatic N) is 2. The minimum absolute atomic E-state index is 0. The predicted molar refractivity (Wildman–Crippen MR) is 89.2 cm³/mol. The first-order valence-corrected chi connectivity index (χ1v) is 7.22. The van der Waals surface area contributed by atoms with Gasteiger partial charge in [-0.1, -0.05) is 22.8 Å². The number of hydrogen-bond donors (Lipinski definition) is 1. The molecule has 0 aliphatic carbocycles. The van der Waals surface area contributed by atoms with Crippen LogP contribution in [0.2, 0.25) is 5.02 Å². The number of benzene rings is 1. The smallest absolute Gasteiger partial charge is 0.335 e. The molecule has 0 spiro atoms. The van der Waals surface area contributed by atoms with E-state index < -0.39 is 11.7 Å². The summed E-state index contributed by atoms with van der Waals surface area (Å²) in [6.45, 7) is 1.97. The first-order chi connectivity index (χ1) is 10.8. The van der Waals surface area contributed by atoms with E-state index in [-0.39, 0.29) is 29.4 Å². The van der Waals surface area contributed by atoms with Gasteiger partial charge >= 0.3 is 6.18 Å². The molecule has 0 saturated carbocycles. The summed E-state index contributed by atoms with van der Waals surface area (Å²) in [5.74, 6) is 0.755. The van der Waals surface area contributed by atoms with E-state index in [1.807, 2.05) is 14.0 Å². The van der Waals surface area contributed by atoms with Crippen LogP contribution in [0.15, 0.2) is 22.7 Å². The predicted octanol–water partition coefficient (Wildman–Crippen LogP) is 4.48. The lowest BCUT2D eigenvalue weighted by Crippen LogP contribution is -2.24. The summed E-state index contributed by atoms with van der Waals surface area (Å²) in [7, 11) is 1.82. The van der Waals surface area contributed by atoms with Crippen LogP contribution in [0.3, 0.4) is 0 Å². The van der Waals surface area contributed by atoms with Crippen molar-refractivity contribution in [2.24, 2.45) is 0 Å². The molecule has 0 aliphatic heterocycles. The second kappa shape index (κ2) is 8.50. The molecule has 0 amide bonds. The van der Waals surface area contributed by atoms with Crippen molar-refractivity contribution in [3.05, 3.63) is 46.1 Å². The molecule has 1 aromatic heterocycles. The highest BCUT2D eigenvalue weighted by atomic mass is 35.5. The van der Waals surface area contributed by atoms with Crippen molar-refractivity contribution in [2.75, 3.05) is 7.05 Å². The Kier molecular flexibility index (Phi) is 7.26. The summed E-state index contributed by atoms with van der Waals surface area (Å²) < 4.78 is 43.4. The third-order valence-electron chi connectivity index (χ3n) is 3.18. The quantitative estimate of drug-likeness (QED) is 0.828. The summed E-state index contributed by atoms with van der Waals surface area (Å²) in [6, 6.07) is 3.85. The zero-order valence-corrected chi connectivity index (χ0v) is 14.5. The van der Waals surface area contributed by atoms with Gasteiger partial charge in [0.05, 0.1) is 10.6 Å². The fourth-order valence-electron chi connectivity index (χ4n) is 1.83. The molecule has 1 N–H and O–H groups in total. The fraction of sp³-hybridized carbons (Fsp3) is 0.333. The molecule has 1 atom stereocenters. The van der Waals surface area contributed by atoms with Crippen LogP contribution in [0.1, 0.15) is 29.8 Å². The van der Waals surface area contributed by atoms with Crippen LogP contribution in [0.4, 0.5) is 13.2 Å². The van der Waals surface area contributed by atoms with E-state index in [1.165, 1.54) is 24.3 Å². The van der Waals surface area contributed by atoms with Crippen molar-refractivity contribution in [3.8, 4) is 0 Å². The van der Waals surface area contributed by atoms with E-state index in [9.17, 15) is 13.2 Å². The average Bonchev–Trinajstić information content (AvgIpc) is 2.92. The van der Waals surface area contributed by atoms with Crippen LogP contribution < -0.4 is 5.32 Å². The Bertz CT molecular complexity index is 702. The van der Waals surface area contributed by atoms with Gasteiger partial charge in [-0.25, -0.2) is 0 Å². The van der Waals surface area contributed by atoms with Gasteiger partial charge < -0.3 is 9.84 Å². The number of halogens is 5. The molecule has 0 radical (unpaired) electrons. The van der Waals surface area contributed by atoms with Crippen LogP contribution in [0.5, 0.6) is 0 Å². The molecule has 0 saturated heterocycles. The molecule has 2 aromatic rings. The normalized spacial score (nSPS) is 13.1. The van der Waals surface area contributed by atoms with Crippen molar-refractivity contribution in [2.45, 2.75) is 25.6 Å². The third-order valence-corrected chi connectivity index (χ3v) is 3.51. The van der Waals surface area contributed by atoms with E-state index >= 15 is 0 Å². The monoisotopic (exact) mass is 381 g/mol. The summed E-state index contributed by atoms with van der Waals surface area (Å²) >= 11 is 5.57. The summed E-state index contributed by atoms with van der Waals surface area (Å²) in [5.41, 5.74) is -0.541. The van der Waals surface area contributed by atoms with Gasteiger partial charge in [0, 0.05) is 18.5 Å². The molecule has 24 heavy (non-hydrogen) atoms. The molecule has 0 bridgehead atoms. The number of hydrogen-bond acceptors (Lipinski definition) is 4. The lowest BCUT2D eigenvalue weighted by molar-refractivity contribution is -0.137. The molecule has 9 heteroatoms. The number of nitrogens with one attached hydrogen (secondary N) is 1. The second-order valence-electron chi connectivity index (χ2n) is 5.01. The molecule has 2 rings (SSSR count). The van der Waals surface area contributed by atoms with Gasteiger partial charge in [0.25, 0.3) is 5.89 Å². The van der Waals surface area contributed by atoms with Gasteiger partial charge in [-0.05, 0) is 37.7 Å². The number of rotatable bonds is 5. The van der Waals surface area contributed by atoms with Gasteiger partial charge in [0.1, 0.15) is 0 Å². The Morgan fingerprint density at radius 2 is 2.04 bits per heavy atom. The Labute approximate surface area is 148 Å². The largest absolute Gasteiger partial charge is 0.417 e. The zero-order valence-electron chi connectivity index (χ0n) is 12.9. The molecular weight excluding hydrogens is 366 g/mol. The topological polar surface area (TPSA) is 51.0 Å². The molecule has 4 nitrogen and oxygen atoms in total. The van der Waals surface area contributed by atoms with Gasteiger partial charge in [0.15, 0.2) is 5.82 Å². The Morgan fingerprint density at radius 3 is 2.67 bits per heavy atom. The van der Waals surface area contributed by atoms with E-state index in [0.717, 1.165) is 6.07 Å². The first kappa shape index (κ1) is 20.5. The van der Waals surface area contributed by atoms with Crippen molar-refractivity contribution < 1.29 is 17.7 Å². The highest BCUT2D eigenvalue weighted by Crippen LogP contribution is 2.35. The van der Waals surface area contributed by atoms with Gasteiger partial charge in [-0.2, -0.15) is 18.2 Å². The molecule has 1 unspecified atom stereocenters. The Balaban J connectivity index is 0.00000288. The van der Waals surface area contributed by atoms with Crippen LogP contribution >= 0.6 is 24.0 Å². The van der Waals surface area contributed by atoms with Crippen molar-refractivity contribution in [1.82, 2.24) is 15.5 Å². The van der Waals surface area contributed by atoms with Crippen LogP contribution in [0.25, 0.3) is 12.2 Å². The molecule has 132 valence electrons. The number of alkyl halides is 3. The maximum absolute atomic E-state index is 12.8. The lowest BCUT2D eigenvalue weighted by atomic mass is 10.1. The van der Waals surface area contributed by atoms with Crippen molar-refractivity contribution in [1.29, 1.82) is 0 Å². The number of aromatic nitrogens is 2. The van der Waals surface area contributed by atoms with Crippen molar-refractivity contribution in [3.63, 3.8) is 0 Å². The third kappa shape index (κ3) is 5.51. The minimum atomic E-state index is -4.50. The SMILES string of the molecule is CNC(C)Cc1noc(/C=C/c2ccc(Cl)c(C(F)(F)F)c2)n1.Cl. The highest BCUT2D eigenvalue weighted by Gasteiger charge is 2.33. The Hall–Kier alpha value is -1.57. The molecule has 0 fully saturated rings. The van der Waals surface area contributed by atoms with Crippen molar-refractivity contribution >= 4 is 36.2 Å². The highest BCUT2D eigenvalue weighted by molar-refractivity contribution is 6.31. The van der Waals surface area contributed by atoms with Crippen LogP contribution in [-0.2, 0) is 12.6 Å². The maximum Gasteiger partial charge on any atom is 0.417 e. The molecule has 1 aromatic carbocycles. The summed E-state index contributed by atoms with van der Waals surface area (Å²) in [4.78, 5) is 4.15. The zero-order chi connectivity index (χ0) is 17.0. The lowest BCUT2D eigenvalue weighted by Gasteiger charge is -2.09. The minimum Gasteiger partial charge on any atom is -0.335 e. The maximum atomic E-state index is 12.8. The first-order valence-electron chi connectivity index (χ1n) is 6.84. The van der Waals surface area contributed by atoms with E-state index in [4.69, 9.17) is 16.1 Å². The average molecular weight is 382 g/mol. The van der Waals surface area contributed by atoms with Gasteiger partial charge in [-0.15, -0.1) is 12.4 Å². The number of likely N-dealkylation sites (N-methyl/N-ethyl adjacent to an activating group) is 1. The van der Waals surface area contributed by atoms with Crippen LogP contribution in [-0.4, -0.2) is 23.2 Å². The summed E-state index contributed by atoms with van der Waals surface area (Å²) in [6.07, 6.45) is -0.983. The van der Waals surface area contributed by atoms with Crippen LogP contribution in [0, 0.1) is 0 Å². The molecule has 0 aliphatic rings. The fourth-order valence-corrected chi connectivity index (χ4v) is 2.05. The van der Waals surface area contributed by atoms with E-state index in [0.29, 0.717) is 17.8 Å². The standard InChI is InChI=1S/C15H15ClF3N3O.ClH/c1-9(20-2)7-13-21-14(23-22-13)6-4-10-3-5-12(16)11(8-10)15(17,18)19;/h3-6,8-9,20H,7H2,1-2H3;1H/b6-4+;. The van der Waals surface area contributed by atoms with Gasteiger partial charge in [0.2, 0.25) is 0 Å². The summed E-state index contributed by atoms with van der Waals surface area (Å²) in [5, 5.41) is 6.52.